The van der Waals surface area contributed by atoms with Gasteiger partial charge in [-0.1, -0.05) is 13.3 Å². The van der Waals surface area contributed by atoms with E-state index in [4.69, 9.17) is 0 Å². The second-order valence-corrected chi connectivity index (χ2v) is 4.22. The first kappa shape index (κ1) is 11.5. The molecule has 0 heterocycles. The number of carbonyl (C=O) groups excluding carboxylic acids is 1. The van der Waals surface area contributed by atoms with Crippen LogP contribution in [-0.2, 0) is 4.79 Å². The summed E-state index contributed by atoms with van der Waals surface area (Å²) in [5, 5.41) is 6.28. The molecule has 1 amide bonds. The fourth-order valence-electron chi connectivity index (χ4n) is 2.15. The van der Waals surface area contributed by atoms with Crippen LogP contribution in [0.2, 0.25) is 0 Å². The molecule has 0 aliphatic heterocycles. The second kappa shape index (κ2) is 6.02. The van der Waals surface area contributed by atoms with Gasteiger partial charge < -0.3 is 10.6 Å². The van der Waals surface area contributed by atoms with Crippen LogP contribution < -0.4 is 10.6 Å². The fraction of sp³-hybridized carbons (Fsp3) is 0.909. The molecule has 0 aromatic carbocycles. The van der Waals surface area contributed by atoms with Crippen LogP contribution in [0.3, 0.4) is 0 Å². The molecule has 0 aromatic rings. The lowest BCUT2D eigenvalue weighted by atomic mass is 10.1. The third-order valence-electron chi connectivity index (χ3n) is 3.05. The standard InChI is InChI=1S/C11H22N2O/c1-3-10-4-5-11(8-10)13-7-6-12-9(2)14/h10-11,13H,3-8H2,1-2H3,(H,12,14). The Labute approximate surface area is 86.6 Å². The van der Waals surface area contributed by atoms with Gasteiger partial charge in [0.15, 0.2) is 0 Å². The lowest BCUT2D eigenvalue weighted by Crippen LogP contribution is -2.35. The Kier molecular flexibility index (Phi) is 4.94. The molecule has 82 valence electrons. The van der Waals surface area contributed by atoms with Crippen LogP contribution in [0.4, 0.5) is 0 Å². The van der Waals surface area contributed by atoms with Gasteiger partial charge in [-0.25, -0.2) is 0 Å². The first-order valence-corrected chi connectivity index (χ1v) is 5.70. The molecule has 1 fully saturated rings. The Bertz CT molecular complexity index is 182. The quantitative estimate of drug-likeness (QED) is 0.654. The fourth-order valence-corrected chi connectivity index (χ4v) is 2.15. The lowest BCUT2D eigenvalue weighted by Gasteiger charge is -2.12. The van der Waals surface area contributed by atoms with E-state index in [1.807, 2.05) is 0 Å². The highest BCUT2D eigenvalue weighted by atomic mass is 16.1. The van der Waals surface area contributed by atoms with Gasteiger partial charge in [-0.3, -0.25) is 4.79 Å². The molecule has 0 radical (unpaired) electrons. The van der Waals surface area contributed by atoms with Crippen molar-refractivity contribution >= 4 is 5.91 Å². The lowest BCUT2D eigenvalue weighted by molar-refractivity contribution is -0.118. The van der Waals surface area contributed by atoms with Gasteiger partial charge in [0.25, 0.3) is 0 Å². The molecule has 2 unspecified atom stereocenters. The number of rotatable bonds is 5. The van der Waals surface area contributed by atoms with Crippen LogP contribution >= 0.6 is 0 Å². The highest BCUT2D eigenvalue weighted by molar-refractivity contribution is 5.72. The molecule has 14 heavy (non-hydrogen) atoms. The maximum absolute atomic E-state index is 10.6. The highest BCUT2D eigenvalue weighted by Gasteiger charge is 2.22. The Morgan fingerprint density at radius 1 is 1.36 bits per heavy atom. The molecule has 2 N–H and O–H groups in total. The van der Waals surface area contributed by atoms with Crippen molar-refractivity contribution in [2.45, 2.75) is 45.6 Å². The van der Waals surface area contributed by atoms with Crippen LogP contribution in [0.15, 0.2) is 0 Å². The van der Waals surface area contributed by atoms with Crippen molar-refractivity contribution in [2.24, 2.45) is 5.92 Å². The van der Waals surface area contributed by atoms with Crippen molar-refractivity contribution < 1.29 is 4.79 Å². The summed E-state index contributed by atoms with van der Waals surface area (Å²) in [5.41, 5.74) is 0. The van der Waals surface area contributed by atoms with Crippen LogP contribution in [0, 0.1) is 5.92 Å². The third-order valence-corrected chi connectivity index (χ3v) is 3.05. The van der Waals surface area contributed by atoms with Crippen LogP contribution in [-0.4, -0.2) is 25.0 Å². The van der Waals surface area contributed by atoms with E-state index in [1.54, 1.807) is 6.92 Å². The van der Waals surface area contributed by atoms with E-state index in [9.17, 15) is 4.79 Å². The zero-order valence-corrected chi connectivity index (χ0v) is 9.31. The van der Waals surface area contributed by atoms with E-state index in [2.05, 4.69) is 17.6 Å². The van der Waals surface area contributed by atoms with E-state index in [0.29, 0.717) is 6.04 Å². The predicted octanol–water partition coefficient (Wildman–Crippen LogP) is 1.29. The topological polar surface area (TPSA) is 41.1 Å². The molecule has 3 heteroatoms. The van der Waals surface area contributed by atoms with Gasteiger partial charge in [-0.2, -0.15) is 0 Å². The molecule has 1 aliphatic rings. The maximum Gasteiger partial charge on any atom is 0.216 e. The van der Waals surface area contributed by atoms with Gasteiger partial charge in [0.05, 0.1) is 0 Å². The van der Waals surface area contributed by atoms with Crippen molar-refractivity contribution in [3.05, 3.63) is 0 Å². The van der Waals surface area contributed by atoms with Gasteiger partial charge in [0.2, 0.25) is 5.91 Å². The molecule has 0 aromatic heterocycles. The van der Waals surface area contributed by atoms with Crippen LogP contribution in [0.5, 0.6) is 0 Å². The van der Waals surface area contributed by atoms with Gasteiger partial charge in [-0.05, 0) is 25.2 Å². The van der Waals surface area contributed by atoms with Crippen molar-refractivity contribution in [1.82, 2.24) is 10.6 Å². The smallest absolute Gasteiger partial charge is 0.216 e. The number of amides is 1. The SMILES string of the molecule is CCC1CCC(NCCNC(C)=O)C1. The van der Waals surface area contributed by atoms with Crippen LogP contribution in [0.1, 0.15) is 39.5 Å². The number of carbonyl (C=O) groups is 1. The van der Waals surface area contributed by atoms with Crippen molar-refractivity contribution in [2.75, 3.05) is 13.1 Å². The minimum atomic E-state index is 0.0599. The van der Waals surface area contributed by atoms with E-state index >= 15 is 0 Å². The molecular formula is C11H22N2O. The van der Waals surface area contributed by atoms with Crippen molar-refractivity contribution in [3.63, 3.8) is 0 Å². The van der Waals surface area contributed by atoms with Gasteiger partial charge in [-0.15, -0.1) is 0 Å². The Balaban J connectivity index is 2.00. The Hall–Kier alpha value is -0.570. The Morgan fingerprint density at radius 3 is 2.71 bits per heavy atom. The highest BCUT2D eigenvalue weighted by Crippen LogP contribution is 2.27. The van der Waals surface area contributed by atoms with Gasteiger partial charge in [0.1, 0.15) is 0 Å². The summed E-state index contributed by atoms with van der Waals surface area (Å²) in [6, 6.07) is 0.689. The minimum absolute atomic E-state index is 0.0599. The number of nitrogens with one attached hydrogen (secondary N) is 2. The molecule has 1 aliphatic carbocycles. The van der Waals surface area contributed by atoms with E-state index in [-0.39, 0.29) is 5.91 Å². The normalized spacial score (nSPS) is 26.4. The Morgan fingerprint density at radius 2 is 2.14 bits per heavy atom. The van der Waals surface area contributed by atoms with Crippen LogP contribution in [0.25, 0.3) is 0 Å². The minimum Gasteiger partial charge on any atom is -0.355 e. The second-order valence-electron chi connectivity index (χ2n) is 4.22. The number of hydrogen-bond donors (Lipinski definition) is 2. The summed E-state index contributed by atoms with van der Waals surface area (Å²) in [6.45, 7) is 5.48. The molecule has 0 bridgehead atoms. The van der Waals surface area contributed by atoms with Gasteiger partial charge >= 0.3 is 0 Å². The third kappa shape index (κ3) is 4.09. The van der Waals surface area contributed by atoms with Gasteiger partial charge in [0, 0.05) is 26.1 Å². The molecule has 0 spiro atoms. The largest absolute Gasteiger partial charge is 0.355 e. The van der Waals surface area contributed by atoms with E-state index < -0.39 is 0 Å². The molecule has 0 saturated heterocycles. The van der Waals surface area contributed by atoms with Crippen molar-refractivity contribution in [3.8, 4) is 0 Å². The molecular weight excluding hydrogens is 176 g/mol. The summed E-state index contributed by atoms with van der Waals surface area (Å²) in [6.07, 6.45) is 5.30. The first-order chi connectivity index (χ1) is 6.72. The molecule has 3 nitrogen and oxygen atoms in total. The summed E-state index contributed by atoms with van der Waals surface area (Å²) in [7, 11) is 0. The summed E-state index contributed by atoms with van der Waals surface area (Å²) >= 11 is 0. The maximum atomic E-state index is 10.6. The molecule has 1 rings (SSSR count). The summed E-state index contributed by atoms with van der Waals surface area (Å²) in [5.74, 6) is 0.984. The summed E-state index contributed by atoms with van der Waals surface area (Å²) < 4.78 is 0. The van der Waals surface area contributed by atoms with E-state index in [0.717, 1.165) is 19.0 Å². The number of hydrogen-bond acceptors (Lipinski definition) is 2. The molecule has 1 saturated carbocycles. The van der Waals surface area contributed by atoms with E-state index in [1.165, 1.54) is 25.7 Å². The zero-order chi connectivity index (χ0) is 10.4. The summed E-state index contributed by atoms with van der Waals surface area (Å²) in [4.78, 5) is 10.6. The monoisotopic (exact) mass is 198 g/mol. The first-order valence-electron chi connectivity index (χ1n) is 5.70. The predicted molar refractivity (Wildman–Crippen MR) is 58.1 cm³/mol. The zero-order valence-electron chi connectivity index (χ0n) is 9.31. The molecule has 2 atom stereocenters. The van der Waals surface area contributed by atoms with Crippen molar-refractivity contribution in [1.29, 1.82) is 0 Å². The average molecular weight is 198 g/mol. The average Bonchev–Trinajstić information content (AvgIpc) is 2.60.